The summed E-state index contributed by atoms with van der Waals surface area (Å²) in [6, 6.07) is 9.24. The highest BCUT2D eigenvalue weighted by atomic mass is 32.1. The Kier molecular flexibility index (Phi) is 6.30. The average Bonchev–Trinajstić information content (AvgIpc) is 3.45. The fourth-order valence-electron chi connectivity index (χ4n) is 4.77. The molecule has 2 aliphatic rings. The smallest absolute Gasteiger partial charge is 0.419 e. The Bertz CT molecular complexity index is 1450. The van der Waals surface area contributed by atoms with E-state index in [0.717, 1.165) is 17.2 Å². The van der Waals surface area contributed by atoms with E-state index in [9.17, 15) is 22.8 Å². The molecule has 38 heavy (non-hydrogen) atoms. The van der Waals surface area contributed by atoms with E-state index in [1.165, 1.54) is 24.5 Å². The number of anilines is 2. The van der Waals surface area contributed by atoms with E-state index in [4.69, 9.17) is 9.68 Å². The fourth-order valence-corrected chi connectivity index (χ4v) is 5.36. The molecule has 2 fully saturated rings. The van der Waals surface area contributed by atoms with E-state index < -0.39 is 46.1 Å². The standard InChI is InChI=1S/C25H19F4N5O3S/c26-19-10-14(4-5-17(19)21(35)32-13-16-3-1-8-37-16)34-23(38)33(22(36)24(34)6-2-7-24)15-9-18(25(27,28)29)20(11-30)31-12-15/h1,3-5,8-10,12,23,38H,2,6-7,13H2,(H,32,35). The predicted molar refractivity (Wildman–Crippen MR) is 130 cm³/mol. The van der Waals surface area contributed by atoms with Gasteiger partial charge in [0.05, 0.1) is 35.8 Å². The normalized spacial score (nSPS) is 18.4. The number of benzene rings is 1. The number of aromatic nitrogens is 1. The number of amides is 2. The van der Waals surface area contributed by atoms with Crippen LogP contribution in [0.1, 0.15) is 46.6 Å². The van der Waals surface area contributed by atoms with Crippen LogP contribution < -0.4 is 15.1 Å². The van der Waals surface area contributed by atoms with Crippen molar-refractivity contribution in [3.05, 3.63) is 77.3 Å². The van der Waals surface area contributed by atoms with Crippen molar-refractivity contribution in [3.63, 3.8) is 0 Å². The monoisotopic (exact) mass is 545 g/mol. The highest BCUT2D eigenvalue weighted by Gasteiger charge is 2.60. The molecule has 2 amide bonds. The summed E-state index contributed by atoms with van der Waals surface area (Å²) in [7, 11) is 0. The minimum Gasteiger partial charge on any atom is -0.467 e. The number of hydrogen-bond acceptors (Lipinski definition) is 7. The third kappa shape index (κ3) is 4.14. The number of hydrogen-bond donors (Lipinski definition) is 2. The van der Waals surface area contributed by atoms with Crippen LogP contribution in [-0.2, 0) is 17.5 Å². The Morgan fingerprint density at radius 2 is 2.03 bits per heavy atom. The molecule has 196 valence electrons. The molecule has 5 rings (SSSR count). The van der Waals surface area contributed by atoms with Gasteiger partial charge in [-0.1, -0.05) is 0 Å². The third-order valence-electron chi connectivity index (χ3n) is 6.76. The van der Waals surface area contributed by atoms with Crippen LogP contribution in [-0.4, -0.2) is 27.8 Å². The second-order valence-corrected chi connectivity index (χ2v) is 9.36. The van der Waals surface area contributed by atoms with Crippen LogP contribution in [0.2, 0.25) is 0 Å². The maximum Gasteiger partial charge on any atom is 0.419 e. The molecule has 13 heteroatoms. The first-order valence-electron chi connectivity index (χ1n) is 11.5. The lowest BCUT2D eigenvalue weighted by Gasteiger charge is -2.44. The second-order valence-electron chi connectivity index (χ2n) is 8.90. The van der Waals surface area contributed by atoms with Gasteiger partial charge in [0.1, 0.15) is 23.2 Å². The molecule has 1 atom stereocenters. The topological polar surface area (TPSA) is 102 Å². The summed E-state index contributed by atoms with van der Waals surface area (Å²) < 4.78 is 60.9. The number of furan rings is 1. The second kappa shape index (κ2) is 9.36. The van der Waals surface area contributed by atoms with Crippen LogP contribution in [0.4, 0.5) is 28.9 Å². The molecule has 1 aliphatic carbocycles. The molecule has 1 spiro atoms. The van der Waals surface area contributed by atoms with Crippen LogP contribution in [0.25, 0.3) is 0 Å². The van der Waals surface area contributed by atoms with Gasteiger partial charge in [0.2, 0.25) is 0 Å². The van der Waals surface area contributed by atoms with Gasteiger partial charge < -0.3 is 14.6 Å². The summed E-state index contributed by atoms with van der Waals surface area (Å²) in [5, 5.41) is 11.6. The maximum absolute atomic E-state index is 15.1. The fraction of sp³-hybridized carbons (Fsp3) is 0.280. The van der Waals surface area contributed by atoms with E-state index in [1.54, 1.807) is 17.0 Å². The Morgan fingerprint density at radius 3 is 2.61 bits per heavy atom. The molecule has 0 radical (unpaired) electrons. The zero-order chi connectivity index (χ0) is 27.2. The number of pyridine rings is 1. The highest BCUT2D eigenvalue weighted by molar-refractivity contribution is 7.81. The third-order valence-corrected chi connectivity index (χ3v) is 7.22. The van der Waals surface area contributed by atoms with E-state index in [2.05, 4.69) is 22.9 Å². The number of nitrogens with zero attached hydrogens (tertiary/aromatic N) is 4. The lowest BCUT2D eigenvalue weighted by molar-refractivity contribution is -0.138. The lowest BCUT2D eigenvalue weighted by atomic mass is 9.75. The summed E-state index contributed by atoms with van der Waals surface area (Å²) in [4.78, 5) is 32.3. The molecule has 1 saturated heterocycles. The quantitative estimate of drug-likeness (QED) is 0.358. The van der Waals surface area contributed by atoms with Crippen molar-refractivity contribution < 1.29 is 31.6 Å². The van der Waals surface area contributed by atoms with Gasteiger partial charge >= 0.3 is 6.18 Å². The molecular weight excluding hydrogens is 526 g/mol. The molecule has 1 unspecified atom stereocenters. The number of carbonyl (C=O) groups excluding carboxylic acids is 2. The van der Waals surface area contributed by atoms with Gasteiger partial charge in [-0.05, 0) is 55.7 Å². The van der Waals surface area contributed by atoms with Crippen molar-refractivity contribution in [2.24, 2.45) is 0 Å². The summed E-state index contributed by atoms with van der Waals surface area (Å²) in [6.07, 6.45) is -0.985. The van der Waals surface area contributed by atoms with E-state index in [1.807, 2.05) is 0 Å². The predicted octanol–water partition coefficient (Wildman–Crippen LogP) is 4.62. The average molecular weight is 546 g/mol. The van der Waals surface area contributed by atoms with Crippen molar-refractivity contribution in [1.82, 2.24) is 10.3 Å². The molecular formula is C25H19F4N5O3S. The molecule has 1 aromatic carbocycles. The van der Waals surface area contributed by atoms with Gasteiger partial charge in [-0.3, -0.25) is 14.5 Å². The molecule has 1 saturated carbocycles. The largest absolute Gasteiger partial charge is 0.467 e. The lowest BCUT2D eigenvalue weighted by Crippen LogP contribution is -2.55. The minimum absolute atomic E-state index is 0.0585. The summed E-state index contributed by atoms with van der Waals surface area (Å²) in [6.45, 7) is 0.0585. The van der Waals surface area contributed by atoms with Gasteiger partial charge in [0.25, 0.3) is 11.8 Å². The molecule has 1 N–H and O–H groups in total. The zero-order valence-corrected chi connectivity index (χ0v) is 20.4. The van der Waals surface area contributed by atoms with E-state index >= 15 is 4.39 Å². The number of alkyl halides is 3. The number of nitriles is 1. The van der Waals surface area contributed by atoms with Gasteiger partial charge in [0.15, 0.2) is 11.2 Å². The number of rotatable bonds is 5. The van der Waals surface area contributed by atoms with Crippen molar-refractivity contribution in [1.29, 1.82) is 5.26 Å². The first-order valence-corrected chi connectivity index (χ1v) is 12.0. The molecule has 3 heterocycles. The van der Waals surface area contributed by atoms with Crippen molar-refractivity contribution >= 4 is 35.8 Å². The first-order chi connectivity index (χ1) is 18.1. The van der Waals surface area contributed by atoms with Crippen LogP contribution >= 0.6 is 12.6 Å². The number of nitrogens with one attached hydrogen (secondary N) is 1. The maximum atomic E-state index is 15.1. The van der Waals surface area contributed by atoms with E-state index in [-0.39, 0.29) is 23.5 Å². The van der Waals surface area contributed by atoms with Crippen LogP contribution in [0.5, 0.6) is 0 Å². The summed E-state index contributed by atoms with van der Waals surface area (Å²) in [5.41, 5.74) is -4.52. The SMILES string of the molecule is N#Cc1ncc(N2C(=O)C3(CCC3)N(c3ccc(C(=O)NCc4ccco4)c(F)c3)C2S)cc1C(F)(F)F. The van der Waals surface area contributed by atoms with Gasteiger partial charge in [0, 0.05) is 5.69 Å². The highest BCUT2D eigenvalue weighted by Crippen LogP contribution is 2.50. The molecule has 0 bridgehead atoms. The Balaban J connectivity index is 1.46. The molecule has 8 nitrogen and oxygen atoms in total. The van der Waals surface area contributed by atoms with Crippen LogP contribution in [0.15, 0.2) is 53.3 Å². The summed E-state index contributed by atoms with van der Waals surface area (Å²) >= 11 is 4.53. The number of halogens is 4. The minimum atomic E-state index is -4.87. The molecule has 3 aromatic rings. The zero-order valence-electron chi connectivity index (χ0n) is 19.5. The van der Waals surface area contributed by atoms with Crippen LogP contribution in [0.3, 0.4) is 0 Å². The van der Waals surface area contributed by atoms with Crippen molar-refractivity contribution in [3.8, 4) is 6.07 Å². The van der Waals surface area contributed by atoms with Gasteiger partial charge in [-0.25, -0.2) is 9.37 Å². The van der Waals surface area contributed by atoms with Gasteiger partial charge in [-0.15, -0.1) is 12.6 Å². The summed E-state index contributed by atoms with van der Waals surface area (Å²) in [5.74, 6) is -1.54. The van der Waals surface area contributed by atoms with Crippen molar-refractivity contribution in [2.45, 2.75) is 43.0 Å². The molecule has 2 aromatic heterocycles. The van der Waals surface area contributed by atoms with Gasteiger partial charge in [-0.2, -0.15) is 18.4 Å². The van der Waals surface area contributed by atoms with Crippen molar-refractivity contribution in [2.75, 3.05) is 9.80 Å². The number of carbonyl (C=O) groups is 2. The Labute approximate surface area is 219 Å². The Morgan fingerprint density at radius 1 is 1.26 bits per heavy atom. The van der Waals surface area contributed by atoms with E-state index in [0.29, 0.717) is 31.1 Å². The first kappa shape index (κ1) is 25.6. The van der Waals surface area contributed by atoms with Crippen LogP contribution in [0, 0.1) is 17.1 Å². The molecule has 1 aliphatic heterocycles. The Hall–Kier alpha value is -4.05. The number of thiol groups is 1.